The summed E-state index contributed by atoms with van der Waals surface area (Å²) in [5.74, 6) is -2.27. The van der Waals surface area contributed by atoms with E-state index in [0.717, 1.165) is 4.90 Å². The molecule has 2 atom stereocenters. The quantitative estimate of drug-likeness (QED) is 0.262. The van der Waals surface area contributed by atoms with E-state index in [1.165, 1.54) is 16.8 Å². The second-order valence-corrected chi connectivity index (χ2v) is 11.1. The van der Waals surface area contributed by atoms with Gasteiger partial charge in [0.05, 0.1) is 17.7 Å². The van der Waals surface area contributed by atoms with Crippen molar-refractivity contribution in [3.63, 3.8) is 0 Å². The molecule has 0 unspecified atom stereocenters. The first-order valence-corrected chi connectivity index (χ1v) is 14.4. The van der Waals surface area contributed by atoms with Crippen LogP contribution in [-0.4, -0.2) is 61.1 Å². The molecular formula is C32H26ClF2N7O3. The molecule has 13 heteroatoms. The van der Waals surface area contributed by atoms with Crippen molar-refractivity contribution >= 4 is 45.9 Å². The van der Waals surface area contributed by atoms with Crippen molar-refractivity contribution in [2.24, 2.45) is 5.73 Å². The van der Waals surface area contributed by atoms with Gasteiger partial charge < -0.3 is 16.0 Å². The monoisotopic (exact) mass is 629 g/mol. The summed E-state index contributed by atoms with van der Waals surface area (Å²) < 4.78 is 31.5. The van der Waals surface area contributed by atoms with E-state index in [0.29, 0.717) is 38.4 Å². The lowest BCUT2D eigenvalue weighted by molar-refractivity contribution is -0.137. The van der Waals surface area contributed by atoms with Gasteiger partial charge in [-0.3, -0.25) is 19.1 Å². The third-order valence-corrected chi connectivity index (χ3v) is 8.01. The minimum atomic E-state index is -1.47. The average Bonchev–Trinajstić information content (AvgIpc) is 3.59. The Morgan fingerprint density at radius 3 is 2.49 bits per heavy atom. The number of anilines is 1. The van der Waals surface area contributed by atoms with Crippen LogP contribution in [0.4, 0.5) is 14.5 Å². The molecule has 1 aliphatic rings. The number of nitrogens with zero attached hydrogens (tertiary/aromatic N) is 5. The molecular weight excluding hydrogens is 604 g/mol. The van der Waals surface area contributed by atoms with Crippen LogP contribution in [0.5, 0.6) is 0 Å². The highest BCUT2D eigenvalue weighted by atomic mass is 35.5. The summed E-state index contributed by atoms with van der Waals surface area (Å²) in [4.78, 5) is 48.6. The molecule has 3 N–H and O–H groups in total. The molecule has 1 saturated heterocycles. The lowest BCUT2D eigenvalue weighted by atomic mass is 10.0. The Balaban J connectivity index is 1.25. The largest absolute Gasteiger partial charge is 0.364 e. The molecule has 6 rings (SSSR count). The predicted octanol–water partition coefficient (Wildman–Crippen LogP) is 4.94. The van der Waals surface area contributed by atoms with Crippen molar-refractivity contribution < 1.29 is 23.2 Å². The van der Waals surface area contributed by atoms with E-state index in [2.05, 4.69) is 20.4 Å². The SMILES string of the molecule is Cc1ncc(-c2ccc3c(c2)c(C(N)=O)nn3CC(=O)N2C[C@H](F)C[C@H]2C(=O)Nc2cccc(-c3ccccc3Cl)c2F)cn1. The first-order valence-electron chi connectivity index (χ1n) is 14.0. The lowest BCUT2D eigenvalue weighted by Gasteiger charge is -2.24. The Labute approximate surface area is 260 Å². The summed E-state index contributed by atoms with van der Waals surface area (Å²) in [5, 5.41) is 7.52. The molecule has 45 heavy (non-hydrogen) atoms. The number of hydrogen-bond donors (Lipinski definition) is 2. The highest BCUT2D eigenvalue weighted by Crippen LogP contribution is 2.33. The zero-order chi connectivity index (χ0) is 31.8. The number of benzene rings is 3. The number of carbonyl (C=O) groups is 3. The maximum Gasteiger partial charge on any atom is 0.269 e. The van der Waals surface area contributed by atoms with E-state index >= 15 is 4.39 Å². The molecule has 0 saturated carbocycles. The van der Waals surface area contributed by atoms with Gasteiger partial charge in [0.25, 0.3) is 5.91 Å². The van der Waals surface area contributed by atoms with E-state index in [1.54, 1.807) is 67.8 Å². The van der Waals surface area contributed by atoms with Crippen molar-refractivity contribution in [1.29, 1.82) is 0 Å². The number of primary amides is 1. The van der Waals surface area contributed by atoms with E-state index in [4.69, 9.17) is 17.3 Å². The van der Waals surface area contributed by atoms with E-state index < -0.39 is 42.3 Å². The van der Waals surface area contributed by atoms with Crippen molar-refractivity contribution in [2.45, 2.75) is 32.1 Å². The number of nitrogens with one attached hydrogen (secondary N) is 1. The van der Waals surface area contributed by atoms with Gasteiger partial charge in [0, 0.05) is 45.9 Å². The third kappa shape index (κ3) is 5.84. The number of alkyl halides is 1. The molecule has 1 fully saturated rings. The van der Waals surface area contributed by atoms with Crippen LogP contribution in [0.3, 0.4) is 0 Å². The number of aryl methyl sites for hydroxylation is 1. The van der Waals surface area contributed by atoms with Gasteiger partial charge in [0.15, 0.2) is 11.5 Å². The summed E-state index contributed by atoms with van der Waals surface area (Å²) in [7, 11) is 0. The number of likely N-dealkylation sites (tertiary alicyclic amines) is 1. The Kier molecular flexibility index (Phi) is 7.98. The Morgan fingerprint density at radius 1 is 1.02 bits per heavy atom. The molecule has 3 amide bonds. The average molecular weight is 630 g/mol. The van der Waals surface area contributed by atoms with Crippen LogP contribution in [0.2, 0.25) is 5.02 Å². The van der Waals surface area contributed by atoms with Crippen molar-refractivity contribution in [2.75, 3.05) is 11.9 Å². The van der Waals surface area contributed by atoms with Gasteiger partial charge in [-0.2, -0.15) is 5.10 Å². The number of fused-ring (bicyclic) bond motifs is 1. The summed E-state index contributed by atoms with van der Waals surface area (Å²) in [5.41, 5.74) is 7.87. The normalized spacial score (nSPS) is 16.2. The molecule has 0 bridgehead atoms. The molecule has 2 aromatic heterocycles. The Bertz CT molecular complexity index is 1960. The molecule has 0 aliphatic carbocycles. The van der Waals surface area contributed by atoms with Gasteiger partial charge in [0.2, 0.25) is 11.8 Å². The Hall–Kier alpha value is -5.23. The smallest absolute Gasteiger partial charge is 0.269 e. The molecule has 1 aliphatic heterocycles. The van der Waals surface area contributed by atoms with Crippen LogP contribution in [0.15, 0.2) is 73.1 Å². The van der Waals surface area contributed by atoms with Gasteiger partial charge in [-0.25, -0.2) is 18.7 Å². The first-order chi connectivity index (χ1) is 21.6. The molecule has 3 aromatic carbocycles. The number of halogens is 3. The minimum absolute atomic E-state index is 0.0550. The predicted molar refractivity (Wildman–Crippen MR) is 165 cm³/mol. The summed E-state index contributed by atoms with van der Waals surface area (Å²) >= 11 is 6.25. The van der Waals surface area contributed by atoms with E-state index in [9.17, 15) is 18.8 Å². The number of carbonyl (C=O) groups excluding carboxylic acids is 3. The number of aromatic nitrogens is 4. The first kappa shape index (κ1) is 29.8. The van der Waals surface area contributed by atoms with E-state index in [-0.39, 0.29) is 29.9 Å². The third-order valence-electron chi connectivity index (χ3n) is 7.68. The highest BCUT2D eigenvalue weighted by Gasteiger charge is 2.40. The summed E-state index contributed by atoms with van der Waals surface area (Å²) in [6.07, 6.45) is 1.55. The van der Waals surface area contributed by atoms with Crippen LogP contribution in [0.1, 0.15) is 22.7 Å². The molecule has 3 heterocycles. The minimum Gasteiger partial charge on any atom is -0.364 e. The van der Waals surface area contributed by atoms with Crippen LogP contribution in [-0.2, 0) is 16.1 Å². The van der Waals surface area contributed by atoms with Crippen molar-refractivity contribution in [1.82, 2.24) is 24.6 Å². The summed E-state index contributed by atoms with van der Waals surface area (Å²) in [6, 6.07) is 15.1. The van der Waals surface area contributed by atoms with Crippen LogP contribution < -0.4 is 11.1 Å². The molecule has 228 valence electrons. The fourth-order valence-corrected chi connectivity index (χ4v) is 5.70. The van der Waals surface area contributed by atoms with Gasteiger partial charge in [-0.05, 0) is 36.8 Å². The van der Waals surface area contributed by atoms with E-state index in [1.807, 2.05) is 0 Å². The standard InChI is InChI=1S/C32H26ClF2N7O3/c1-17-37-13-19(14-38-17)18-9-10-26-23(11-18)30(31(36)44)40-42(26)16-28(43)41-15-20(34)12-27(41)32(45)39-25-8-4-6-22(29(25)35)21-5-2-3-7-24(21)33/h2-11,13-14,20,27H,12,15-16H2,1H3,(H2,36,44)(H,39,45)/t20-,27+/m1/s1. The van der Waals surface area contributed by atoms with Crippen molar-refractivity contribution in [3.05, 3.63) is 95.4 Å². The molecule has 0 spiro atoms. The van der Waals surface area contributed by atoms with Crippen LogP contribution >= 0.6 is 11.6 Å². The molecule has 5 aromatic rings. The molecule has 10 nitrogen and oxygen atoms in total. The Morgan fingerprint density at radius 2 is 1.76 bits per heavy atom. The van der Waals surface area contributed by atoms with Crippen molar-refractivity contribution in [3.8, 4) is 22.3 Å². The van der Waals surface area contributed by atoms with Gasteiger partial charge in [0.1, 0.15) is 24.6 Å². The maximum absolute atomic E-state index is 15.5. The fourth-order valence-electron chi connectivity index (χ4n) is 5.46. The lowest BCUT2D eigenvalue weighted by Crippen LogP contribution is -2.44. The zero-order valence-electron chi connectivity index (χ0n) is 23.9. The summed E-state index contributed by atoms with van der Waals surface area (Å²) in [6.45, 7) is 1.03. The number of amides is 3. The highest BCUT2D eigenvalue weighted by molar-refractivity contribution is 6.33. The number of nitrogens with two attached hydrogens (primary N) is 1. The second kappa shape index (κ2) is 12.0. The maximum atomic E-state index is 15.5. The number of rotatable bonds is 7. The van der Waals surface area contributed by atoms with Crippen LogP contribution in [0.25, 0.3) is 33.2 Å². The topological polar surface area (TPSA) is 136 Å². The molecule has 0 radical (unpaired) electrons. The van der Waals surface area contributed by atoms with Crippen LogP contribution in [0, 0.1) is 12.7 Å². The number of hydrogen-bond acceptors (Lipinski definition) is 6. The van der Waals surface area contributed by atoms with Gasteiger partial charge in [-0.1, -0.05) is 48.0 Å². The van der Waals surface area contributed by atoms with Gasteiger partial charge in [-0.15, -0.1) is 0 Å². The van der Waals surface area contributed by atoms with Gasteiger partial charge >= 0.3 is 0 Å². The fraction of sp³-hybridized carbons (Fsp3) is 0.188. The zero-order valence-corrected chi connectivity index (χ0v) is 24.6. The second-order valence-electron chi connectivity index (χ2n) is 10.7.